The summed E-state index contributed by atoms with van der Waals surface area (Å²) >= 11 is 0. The van der Waals surface area contributed by atoms with Crippen molar-refractivity contribution in [3.05, 3.63) is 54.2 Å². The fourth-order valence-electron chi connectivity index (χ4n) is 4.47. The zero-order valence-electron chi connectivity index (χ0n) is 18.3. The Labute approximate surface area is 187 Å². The molecule has 1 saturated heterocycles. The molecule has 2 aliphatic heterocycles. The molecule has 7 nitrogen and oxygen atoms in total. The predicted octanol–water partition coefficient (Wildman–Crippen LogP) is 2.07. The molecule has 3 aromatic rings. The highest BCUT2D eigenvalue weighted by Crippen LogP contribution is 2.31. The molecular weight excluding hydrogens is 404 g/mol. The van der Waals surface area contributed by atoms with Crippen molar-refractivity contribution in [2.24, 2.45) is 0 Å². The van der Waals surface area contributed by atoms with Crippen molar-refractivity contribution in [3.8, 4) is 16.9 Å². The molecule has 166 valence electrons. The lowest BCUT2D eigenvalue weighted by Crippen LogP contribution is -2.50. The van der Waals surface area contributed by atoms with E-state index < -0.39 is 6.10 Å². The van der Waals surface area contributed by atoms with Crippen LogP contribution in [0, 0.1) is 0 Å². The number of piperazine rings is 1. The molecule has 2 N–H and O–H groups in total. The van der Waals surface area contributed by atoms with Crippen LogP contribution in [0.3, 0.4) is 0 Å². The fourth-order valence-corrected chi connectivity index (χ4v) is 4.47. The highest BCUT2D eigenvalue weighted by atomic mass is 16.5. The first-order chi connectivity index (χ1) is 15.5. The SMILES string of the molecule is CN1CCc2cc(-c3ccc4cc(OCC(O)CN5CCNC(=O)C5)ccc4c3)cnc21. The van der Waals surface area contributed by atoms with E-state index in [2.05, 4.69) is 46.5 Å². The lowest BCUT2D eigenvalue weighted by atomic mass is 10.0. The van der Waals surface area contributed by atoms with Crippen molar-refractivity contribution in [1.82, 2.24) is 15.2 Å². The number of aliphatic hydroxyl groups is 1. The number of fused-ring (bicyclic) bond motifs is 2. The van der Waals surface area contributed by atoms with Crippen LogP contribution in [-0.4, -0.2) is 73.4 Å². The summed E-state index contributed by atoms with van der Waals surface area (Å²) in [6.07, 6.45) is 2.34. The Morgan fingerprint density at radius 2 is 1.97 bits per heavy atom. The van der Waals surface area contributed by atoms with E-state index in [0.717, 1.165) is 53.0 Å². The Hall–Kier alpha value is -3.16. The lowest BCUT2D eigenvalue weighted by molar-refractivity contribution is -0.124. The molecule has 1 aromatic heterocycles. The Bertz CT molecular complexity index is 1150. The summed E-state index contributed by atoms with van der Waals surface area (Å²) in [4.78, 5) is 20.3. The van der Waals surface area contributed by atoms with E-state index in [4.69, 9.17) is 4.74 Å². The van der Waals surface area contributed by atoms with Crippen molar-refractivity contribution in [1.29, 1.82) is 0 Å². The molecule has 1 amide bonds. The number of hydrogen-bond donors (Lipinski definition) is 2. The Kier molecular flexibility index (Phi) is 5.68. The van der Waals surface area contributed by atoms with Crippen LogP contribution in [0.1, 0.15) is 5.56 Å². The number of ether oxygens (including phenoxy) is 1. The number of pyridine rings is 1. The number of carbonyl (C=O) groups excluding carboxylic acids is 1. The van der Waals surface area contributed by atoms with Gasteiger partial charge in [-0.15, -0.1) is 0 Å². The molecule has 1 unspecified atom stereocenters. The maximum Gasteiger partial charge on any atom is 0.234 e. The quantitative estimate of drug-likeness (QED) is 0.621. The van der Waals surface area contributed by atoms with Crippen LogP contribution in [0.15, 0.2) is 48.7 Å². The molecule has 3 heterocycles. The topological polar surface area (TPSA) is 77.9 Å². The van der Waals surface area contributed by atoms with Crippen LogP contribution < -0.4 is 15.0 Å². The summed E-state index contributed by atoms with van der Waals surface area (Å²) in [5, 5.41) is 15.3. The van der Waals surface area contributed by atoms with Gasteiger partial charge in [0.1, 0.15) is 24.3 Å². The minimum atomic E-state index is -0.648. The summed E-state index contributed by atoms with van der Waals surface area (Å²) in [7, 11) is 2.08. The first kappa shape index (κ1) is 20.7. The molecule has 32 heavy (non-hydrogen) atoms. The van der Waals surface area contributed by atoms with Gasteiger partial charge in [-0.25, -0.2) is 4.98 Å². The molecule has 2 aromatic carbocycles. The number of amides is 1. The highest BCUT2D eigenvalue weighted by molar-refractivity contribution is 5.88. The van der Waals surface area contributed by atoms with Gasteiger partial charge in [0.2, 0.25) is 5.91 Å². The van der Waals surface area contributed by atoms with Gasteiger partial charge in [0, 0.05) is 45.0 Å². The third kappa shape index (κ3) is 4.40. The zero-order valence-corrected chi connectivity index (χ0v) is 18.3. The molecule has 1 atom stereocenters. The number of carbonyl (C=O) groups is 1. The number of likely N-dealkylation sites (N-methyl/N-ethyl adjacent to an activating group) is 1. The molecule has 0 bridgehead atoms. The molecule has 7 heteroatoms. The van der Waals surface area contributed by atoms with Crippen LogP contribution in [0.4, 0.5) is 5.82 Å². The number of nitrogens with one attached hydrogen (secondary N) is 1. The lowest BCUT2D eigenvalue weighted by Gasteiger charge is -2.28. The first-order valence-corrected chi connectivity index (χ1v) is 11.1. The van der Waals surface area contributed by atoms with Crippen molar-refractivity contribution in [3.63, 3.8) is 0 Å². The van der Waals surface area contributed by atoms with E-state index in [1.54, 1.807) is 0 Å². The molecule has 0 spiro atoms. The van der Waals surface area contributed by atoms with Crippen molar-refractivity contribution < 1.29 is 14.6 Å². The van der Waals surface area contributed by atoms with Crippen LogP contribution >= 0.6 is 0 Å². The molecule has 0 radical (unpaired) electrons. The number of aliphatic hydroxyl groups excluding tert-OH is 1. The van der Waals surface area contributed by atoms with Crippen molar-refractivity contribution in [2.45, 2.75) is 12.5 Å². The summed E-state index contributed by atoms with van der Waals surface area (Å²) in [6, 6.07) is 14.6. The largest absolute Gasteiger partial charge is 0.491 e. The molecule has 1 fully saturated rings. The minimum Gasteiger partial charge on any atom is -0.491 e. The standard InChI is InChI=1S/C25H28N4O3/c1-28-8-6-20-11-21(13-27-25(20)28)18-2-3-19-12-23(5-4-17(19)10-18)32-16-22(30)14-29-9-7-26-24(31)15-29/h2-5,10-13,22,30H,6-9,14-16H2,1H3,(H,26,31). The number of rotatable bonds is 6. The monoisotopic (exact) mass is 432 g/mol. The molecule has 0 saturated carbocycles. The van der Waals surface area contributed by atoms with Crippen LogP contribution in [0.2, 0.25) is 0 Å². The van der Waals surface area contributed by atoms with E-state index in [0.29, 0.717) is 19.6 Å². The first-order valence-electron chi connectivity index (χ1n) is 11.1. The predicted molar refractivity (Wildman–Crippen MR) is 125 cm³/mol. The minimum absolute atomic E-state index is 0.00118. The Balaban J connectivity index is 1.24. The van der Waals surface area contributed by atoms with Crippen LogP contribution in [0.5, 0.6) is 5.75 Å². The number of hydrogen-bond acceptors (Lipinski definition) is 6. The van der Waals surface area contributed by atoms with Crippen LogP contribution in [0.25, 0.3) is 21.9 Å². The number of β-amino-alcohol motifs (C(OH)–C–C–N with tert-alkyl or cyclic N) is 1. The second-order valence-corrected chi connectivity index (χ2v) is 8.65. The van der Waals surface area contributed by atoms with Gasteiger partial charge in [-0.2, -0.15) is 0 Å². The second-order valence-electron chi connectivity index (χ2n) is 8.65. The molecule has 0 aliphatic carbocycles. The second kappa shape index (κ2) is 8.76. The van der Waals surface area contributed by atoms with Gasteiger partial charge in [0.15, 0.2) is 0 Å². The van der Waals surface area contributed by atoms with Gasteiger partial charge in [-0.05, 0) is 52.6 Å². The highest BCUT2D eigenvalue weighted by Gasteiger charge is 2.20. The van der Waals surface area contributed by atoms with E-state index in [-0.39, 0.29) is 12.5 Å². The average Bonchev–Trinajstić information content (AvgIpc) is 3.17. The third-order valence-electron chi connectivity index (χ3n) is 6.19. The summed E-state index contributed by atoms with van der Waals surface area (Å²) in [6.45, 7) is 3.33. The Morgan fingerprint density at radius 1 is 1.12 bits per heavy atom. The van der Waals surface area contributed by atoms with Crippen molar-refractivity contribution in [2.75, 3.05) is 51.3 Å². The molecular formula is C25H28N4O3. The van der Waals surface area contributed by atoms with Gasteiger partial charge in [0.05, 0.1) is 6.54 Å². The number of nitrogens with zero attached hydrogens (tertiary/aromatic N) is 3. The van der Waals surface area contributed by atoms with Gasteiger partial charge < -0.3 is 20.1 Å². The zero-order chi connectivity index (χ0) is 22.1. The van der Waals surface area contributed by atoms with Gasteiger partial charge in [0.25, 0.3) is 0 Å². The maximum atomic E-state index is 11.5. The van der Waals surface area contributed by atoms with E-state index >= 15 is 0 Å². The smallest absolute Gasteiger partial charge is 0.234 e. The van der Waals surface area contributed by atoms with Gasteiger partial charge in [-0.1, -0.05) is 18.2 Å². The summed E-state index contributed by atoms with van der Waals surface area (Å²) in [5.41, 5.74) is 3.59. The normalized spacial score (nSPS) is 17.3. The number of anilines is 1. The summed E-state index contributed by atoms with van der Waals surface area (Å²) < 4.78 is 5.83. The van der Waals surface area contributed by atoms with Gasteiger partial charge in [-0.3, -0.25) is 9.69 Å². The summed E-state index contributed by atoms with van der Waals surface area (Å²) in [5.74, 6) is 1.81. The number of benzene rings is 2. The Morgan fingerprint density at radius 3 is 2.84 bits per heavy atom. The third-order valence-corrected chi connectivity index (χ3v) is 6.19. The molecule has 2 aliphatic rings. The van der Waals surface area contributed by atoms with Gasteiger partial charge >= 0.3 is 0 Å². The van der Waals surface area contributed by atoms with Crippen LogP contribution in [-0.2, 0) is 11.2 Å². The molecule has 5 rings (SSSR count). The van der Waals surface area contributed by atoms with E-state index in [1.165, 1.54) is 5.56 Å². The van der Waals surface area contributed by atoms with E-state index in [1.807, 2.05) is 29.3 Å². The fraction of sp³-hybridized carbons (Fsp3) is 0.360. The number of aromatic nitrogens is 1. The average molecular weight is 433 g/mol. The van der Waals surface area contributed by atoms with E-state index in [9.17, 15) is 9.90 Å². The van der Waals surface area contributed by atoms with Crippen molar-refractivity contribution >= 4 is 22.5 Å². The maximum absolute atomic E-state index is 11.5.